The Morgan fingerprint density at radius 3 is 2.54 bits per heavy atom. The second kappa shape index (κ2) is 2.94. The third-order valence-electron chi connectivity index (χ3n) is 1.74. The second-order valence-corrected chi connectivity index (χ2v) is 2.90. The highest BCUT2D eigenvalue weighted by Gasteiger charge is 1.99. The van der Waals surface area contributed by atoms with E-state index in [0.717, 1.165) is 16.6 Å². The van der Waals surface area contributed by atoms with Crippen LogP contribution in [0.3, 0.4) is 0 Å². The molecule has 3 heteroatoms. The zero-order valence-corrected chi connectivity index (χ0v) is 7.36. The summed E-state index contributed by atoms with van der Waals surface area (Å²) in [7, 11) is 0. The van der Waals surface area contributed by atoms with Crippen molar-refractivity contribution < 1.29 is 0 Å². The van der Waals surface area contributed by atoms with Crippen LogP contribution in [-0.2, 0) is 0 Å². The molecule has 1 aromatic carbocycles. The number of hydrogen-bond acceptors (Lipinski definition) is 3. The van der Waals surface area contributed by atoms with E-state index in [9.17, 15) is 0 Å². The summed E-state index contributed by atoms with van der Waals surface area (Å²) in [5.74, 6) is 0.610. The fourth-order valence-electron chi connectivity index (χ4n) is 1.06. The van der Waals surface area contributed by atoms with E-state index in [0.29, 0.717) is 5.82 Å². The van der Waals surface area contributed by atoms with Crippen molar-refractivity contribution in [2.45, 2.75) is 6.92 Å². The molecule has 2 aromatic rings. The molecule has 0 amide bonds. The minimum atomic E-state index is 0.610. The monoisotopic (exact) mass is 171 g/mol. The lowest BCUT2D eigenvalue weighted by atomic mass is 10.3. The molecule has 0 radical (unpaired) electrons. The normalized spacial score (nSPS) is 10.2. The van der Waals surface area contributed by atoms with Crippen molar-refractivity contribution in [1.29, 1.82) is 0 Å². The fraction of sp³-hybridized carbons (Fsp3) is 0.100. The van der Waals surface area contributed by atoms with Crippen LogP contribution >= 0.6 is 0 Å². The zero-order chi connectivity index (χ0) is 9.26. The molecule has 64 valence electrons. The van der Waals surface area contributed by atoms with Gasteiger partial charge in [-0.3, -0.25) is 0 Å². The Balaban J connectivity index is 2.69. The Bertz CT molecular complexity index is 462. The van der Waals surface area contributed by atoms with Gasteiger partial charge in [0, 0.05) is 0 Å². The molecular weight excluding hydrogens is 162 g/mol. The first-order chi connectivity index (χ1) is 6.27. The van der Waals surface area contributed by atoms with Gasteiger partial charge in [-0.2, -0.15) is 0 Å². The van der Waals surface area contributed by atoms with Crippen molar-refractivity contribution >= 4 is 16.6 Å². The van der Waals surface area contributed by atoms with Gasteiger partial charge in [0.1, 0.15) is 5.52 Å². The highest BCUT2D eigenvalue weighted by molar-refractivity contribution is 5.74. The topological polar surface area (TPSA) is 38.7 Å². The van der Waals surface area contributed by atoms with Crippen LogP contribution in [0.15, 0.2) is 30.8 Å². The fourth-order valence-corrected chi connectivity index (χ4v) is 1.06. The predicted molar refractivity (Wildman–Crippen MR) is 52.0 cm³/mol. The Morgan fingerprint density at radius 1 is 1.15 bits per heavy atom. The van der Waals surface area contributed by atoms with Crippen LogP contribution in [0.1, 0.15) is 12.7 Å². The summed E-state index contributed by atoms with van der Waals surface area (Å²) in [5, 5.41) is 7.97. The smallest absolute Gasteiger partial charge is 0.177 e. The Hall–Kier alpha value is -1.77. The number of hydrogen-bond donors (Lipinski definition) is 0. The molecule has 0 aliphatic heterocycles. The van der Waals surface area contributed by atoms with Gasteiger partial charge in [-0.05, 0) is 24.6 Å². The van der Waals surface area contributed by atoms with Gasteiger partial charge >= 0.3 is 0 Å². The highest BCUT2D eigenvalue weighted by atomic mass is 15.1. The Morgan fingerprint density at radius 2 is 1.85 bits per heavy atom. The van der Waals surface area contributed by atoms with Crippen LogP contribution in [0.4, 0.5) is 0 Å². The van der Waals surface area contributed by atoms with Crippen molar-refractivity contribution in [1.82, 2.24) is 15.2 Å². The van der Waals surface area contributed by atoms with Crippen molar-refractivity contribution in [3.63, 3.8) is 0 Å². The van der Waals surface area contributed by atoms with Crippen LogP contribution in [0.5, 0.6) is 0 Å². The van der Waals surface area contributed by atoms with Crippen molar-refractivity contribution in [2.75, 3.05) is 0 Å². The van der Waals surface area contributed by atoms with E-state index in [1.54, 1.807) is 0 Å². The summed E-state index contributed by atoms with van der Waals surface area (Å²) in [6.07, 6.45) is 0. The van der Waals surface area contributed by atoms with Crippen LogP contribution in [0.2, 0.25) is 0 Å². The van der Waals surface area contributed by atoms with Crippen molar-refractivity contribution in [3.05, 3.63) is 36.7 Å². The molecule has 2 rings (SSSR count). The van der Waals surface area contributed by atoms with Gasteiger partial charge in [0.05, 0.1) is 5.52 Å². The molecule has 0 aliphatic carbocycles. The van der Waals surface area contributed by atoms with E-state index in [-0.39, 0.29) is 0 Å². The van der Waals surface area contributed by atoms with Crippen LogP contribution in [0.25, 0.3) is 16.6 Å². The SMILES string of the molecule is C=C(C)c1nnc2ccccc2n1. The van der Waals surface area contributed by atoms with E-state index in [4.69, 9.17) is 0 Å². The van der Waals surface area contributed by atoms with Gasteiger partial charge in [0.15, 0.2) is 5.82 Å². The first kappa shape index (κ1) is 7.86. The summed E-state index contributed by atoms with van der Waals surface area (Å²) in [6.45, 7) is 5.63. The third-order valence-corrected chi connectivity index (χ3v) is 1.74. The van der Waals surface area contributed by atoms with Crippen LogP contribution in [0, 0.1) is 0 Å². The van der Waals surface area contributed by atoms with Gasteiger partial charge in [-0.15, -0.1) is 10.2 Å². The molecule has 0 saturated heterocycles. The molecule has 0 aliphatic rings. The molecule has 1 aromatic heterocycles. The summed E-state index contributed by atoms with van der Waals surface area (Å²) in [6, 6.07) is 7.65. The molecule has 0 spiro atoms. The maximum atomic E-state index is 4.30. The summed E-state index contributed by atoms with van der Waals surface area (Å²) >= 11 is 0. The first-order valence-corrected chi connectivity index (χ1v) is 4.03. The van der Waals surface area contributed by atoms with Gasteiger partial charge in [0.25, 0.3) is 0 Å². The van der Waals surface area contributed by atoms with Gasteiger partial charge in [0.2, 0.25) is 0 Å². The maximum Gasteiger partial charge on any atom is 0.177 e. The van der Waals surface area contributed by atoms with Crippen molar-refractivity contribution in [3.8, 4) is 0 Å². The van der Waals surface area contributed by atoms with Crippen molar-refractivity contribution in [2.24, 2.45) is 0 Å². The molecule has 13 heavy (non-hydrogen) atoms. The minimum Gasteiger partial charge on any atom is -0.225 e. The standard InChI is InChI=1S/C10H9N3/c1-7(2)10-11-8-5-3-4-6-9(8)12-13-10/h3-6H,1H2,2H3. The number of allylic oxidation sites excluding steroid dienone is 1. The van der Waals surface area contributed by atoms with E-state index < -0.39 is 0 Å². The summed E-state index contributed by atoms with van der Waals surface area (Å²) in [4.78, 5) is 4.30. The lowest BCUT2D eigenvalue weighted by Crippen LogP contribution is -1.94. The molecule has 0 unspecified atom stereocenters. The number of fused-ring (bicyclic) bond motifs is 1. The maximum absolute atomic E-state index is 4.30. The predicted octanol–water partition coefficient (Wildman–Crippen LogP) is 2.06. The second-order valence-electron chi connectivity index (χ2n) is 2.90. The molecule has 0 bridgehead atoms. The van der Waals surface area contributed by atoms with Gasteiger partial charge < -0.3 is 0 Å². The average Bonchev–Trinajstić information content (AvgIpc) is 2.17. The van der Waals surface area contributed by atoms with E-state index in [1.807, 2.05) is 31.2 Å². The van der Waals surface area contributed by atoms with Gasteiger partial charge in [-0.1, -0.05) is 18.7 Å². The van der Waals surface area contributed by atoms with Gasteiger partial charge in [-0.25, -0.2) is 4.98 Å². The summed E-state index contributed by atoms with van der Waals surface area (Å²) < 4.78 is 0. The molecule has 0 fully saturated rings. The number of rotatable bonds is 1. The molecule has 0 saturated carbocycles. The van der Waals surface area contributed by atoms with E-state index in [2.05, 4.69) is 21.8 Å². The number of benzene rings is 1. The summed E-state index contributed by atoms with van der Waals surface area (Å²) in [5.41, 5.74) is 2.50. The zero-order valence-electron chi connectivity index (χ0n) is 7.36. The molecule has 1 heterocycles. The highest BCUT2D eigenvalue weighted by Crippen LogP contribution is 2.10. The average molecular weight is 171 g/mol. The van der Waals surface area contributed by atoms with E-state index >= 15 is 0 Å². The number of nitrogens with zero attached hydrogens (tertiary/aromatic N) is 3. The third kappa shape index (κ3) is 1.40. The molecular formula is C10H9N3. The van der Waals surface area contributed by atoms with E-state index in [1.165, 1.54) is 0 Å². The Labute approximate surface area is 76.1 Å². The Kier molecular flexibility index (Phi) is 1.77. The molecule has 0 atom stereocenters. The molecule has 0 N–H and O–H groups in total. The minimum absolute atomic E-state index is 0.610. The number of aromatic nitrogens is 3. The van der Waals surface area contributed by atoms with Crippen LogP contribution < -0.4 is 0 Å². The largest absolute Gasteiger partial charge is 0.225 e. The first-order valence-electron chi connectivity index (χ1n) is 4.03. The van der Waals surface area contributed by atoms with Crippen LogP contribution in [-0.4, -0.2) is 15.2 Å². The lowest BCUT2D eigenvalue weighted by Gasteiger charge is -1.98. The lowest BCUT2D eigenvalue weighted by molar-refractivity contribution is 0.991. The quantitative estimate of drug-likeness (QED) is 0.659. The molecule has 3 nitrogen and oxygen atoms in total. The number of para-hydroxylation sites is 1.